The molecule has 1 aromatic heterocycles. The first-order valence-electron chi connectivity index (χ1n) is 9.83. The SMILES string of the molecule is O=C1CCC(N2Cc3ccc(CNc4nc5c(c(=O)[nH]4)CNC5)cc3C2=O)C(=O)N1. The first-order chi connectivity index (χ1) is 14.5. The van der Waals surface area contributed by atoms with Crippen LogP contribution in [0.1, 0.15) is 45.6 Å². The molecule has 2 aromatic rings. The van der Waals surface area contributed by atoms with Crippen LogP contribution in [0.25, 0.3) is 0 Å². The van der Waals surface area contributed by atoms with Gasteiger partial charge in [0.05, 0.1) is 11.3 Å². The molecular formula is C20H20N6O4. The van der Waals surface area contributed by atoms with E-state index in [2.05, 4.69) is 25.9 Å². The van der Waals surface area contributed by atoms with E-state index in [1.165, 1.54) is 4.90 Å². The van der Waals surface area contributed by atoms with Gasteiger partial charge in [0.2, 0.25) is 17.8 Å². The normalized spacial score (nSPS) is 20.2. The predicted octanol–water partition coefficient (Wildman–Crippen LogP) is -0.254. The highest BCUT2D eigenvalue weighted by molar-refractivity contribution is 6.05. The number of benzene rings is 1. The molecule has 1 aromatic carbocycles. The number of nitrogens with zero attached hydrogens (tertiary/aromatic N) is 2. The van der Waals surface area contributed by atoms with Crippen molar-refractivity contribution in [1.82, 2.24) is 25.5 Å². The monoisotopic (exact) mass is 408 g/mol. The van der Waals surface area contributed by atoms with E-state index in [1.807, 2.05) is 12.1 Å². The topological polar surface area (TPSA) is 136 Å². The van der Waals surface area contributed by atoms with Crippen molar-refractivity contribution in [2.45, 2.75) is 45.1 Å². The number of piperidine rings is 1. The van der Waals surface area contributed by atoms with Crippen LogP contribution < -0.4 is 21.5 Å². The third kappa shape index (κ3) is 3.14. The Kier molecular flexibility index (Phi) is 4.35. The molecule has 30 heavy (non-hydrogen) atoms. The van der Waals surface area contributed by atoms with Crippen molar-refractivity contribution in [2.24, 2.45) is 0 Å². The molecule has 5 rings (SSSR count). The van der Waals surface area contributed by atoms with Crippen molar-refractivity contribution in [3.05, 3.63) is 56.5 Å². The summed E-state index contributed by atoms with van der Waals surface area (Å²) in [4.78, 5) is 57.2. The van der Waals surface area contributed by atoms with Crippen LogP contribution in [0.5, 0.6) is 0 Å². The van der Waals surface area contributed by atoms with E-state index in [-0.39, 0.29) is 23.8 Å². The fourth-order valence-corrected chi connectivity index (χ4v) is 4.16. The maximum Gasteiger partial charge on any atom is 0.257 e. The van der Waals surface area contributed by atoms with Gasteiger partial charge in [-0.1, -0.05) is 12.1 Å². The van der Waals surface area contributed by atoms with E-state index < -0.39 is 11.9 Å². The van der Waals surface area contributed by atoms with Gasteiger partial charge in [-0.15, -0.1) is 0 Å². The molecule has 1 atom stereocenters. The van der Waals surface area contributed by atoms with Gasteiger partial charge in [-0.3, -0.25) is 29.5 Å². The molecule has 154 valence electrons. The van der Waals surface area contributed by atoms with Crippen LogP contribution in [0.4, 0.5) is 5.95 Å². The van der Waals surface area contributed by atoms with Crippen molar-refractivity contribution >= 4 is 23.7 Å². The molecule has 3 amide bonds. The van der Waals surface area contributed by atoms with Crippen LogP contribution in [0.2, 0.25) is 0 Å². The smallest absolute Gasteiger partial charge is 0.257 e. The molecule has 1 fully saturated rings. The van der Waals surface area contributed by atoms with Crippen molar-refractivity contribution in [3.8, 4) is 0 Å². The average molecular weight is 408 g/mol. The molecule has 0 bridgehead atoms. The summed E-state index contributed by atoms with van der Waals surface area (Å²) in [5.41, 5.74) is 3.51. The fraction of sp³-hybridized carbons (Fsp3) is 0.350. The zero-order chi connectivity index (χ0) is 20.8. The number of hydrogen-bond acceptors (Lipinski definition) is 7. The van der Waals surface area contributed by atoms with Crippen LogP contribution in [-0.4, -0.2) is 38.6 Å². The number of aromatic amines is 1. The number of anilines is 1. The Morgan fingerprint density at radius 3 is 2.87 bits per heavy atom. The molecule has 4 N–H and O–H groups in total. The van der Waals surface area contributed by atoms with E-state index in [4.69, 9.17) is 0 Å². The third-order valence-corrected chi connectivity index (χ3v) is 5.75. The Labute approximate surface area is 171 Å². The van der Waals surface area contributed by atoms with Gasteiger partial charge < -0.3 is 15.5 Å². The van der Waals surface area contributed by atoms with Gasteiger partial charge in [0.15, 0.2) is 0 Å². The molecule has 0 aliphatic carbocycles. The van der Waals surface area contributed by atoms with Crippen LogP contribution in [0.15, 0.2) is 23.0 Å². The average Bonchev–Trinajstić information content (AvgIpc) is 3.32. The second kappa shape index (κ2) is 7.06. The molecule has 10 nitrogen and oxygen atoms in total. The minimum Gasteiger partial charge on any atom is -0.352 e. The minimum absolute atomic E-state index is 0.156. The lowest BCUT2D eigenvalue weighted by Gasteiger charge is -2.29. The second-order valence-electron chi connectivity index (χ2n) is 7.69. The van der Waals surface area contributed by atoms with Gasteiger partial charge in [-0.25, -0.2) is 4.98 Å². The number of H-pyrrole nitrogens is 1. The number of amides is 3. The highest BCUT2D eigenvalue weighted by atomic mass is 16.2. The Morgan fingerprint density at radius 2 is 2.03 bits per heavy atom. The molecular weight excluding hydrogens is 388 g/mol. The van der Waals surface area contributed by atoms with E-state index in [9.17, 15) is 19.2 Å². The van der Waals surface area contributed by atoms with E-state index in [0.29, 0.717) is 49.7 Å². The highest BCUT2D eigenvalue weighted by Crippen LogP contribution is 2.28. The van der Waals surface area contributed by atoms with Crippen molar-refractivity contribution < 1.29 is 14.4 Å². The molecule has 4 heterocycles. The lowest BCUT2D eigenvalue weighted by Crippen LogP contribution is -2.52. The summed E-state index contributed by atoms with van der Waals surface area (Å²) in [6.07, 6.45) is 0.568. The zero-order valence-electron chi connectivity index (χ0n) is 16.1. The van der Waals surface area contributed by atoms with Gasteiger partial charge in [0.1, 0.15) is 6.04 Å². The maximum absolute atomic E-state index is 12.9. The Balaban J connectivity index is 1.31. The fourth-order valence-electron chi connectivity index (χ4n) is 4.16. The van der Waals surface area contributed by atoms with E-state index >= 15 is 0 Å². The first kappa shape index (κ1) is 18.5. The van der Waals surface area contributed by atoms with Gasteiger partial charge in [-0.05, 0) is 23.6 Å². The number of hydrogen-bond donors (Lipinski definition) is 4. The number of rotatable bonds is 4. The number of nitrogens with one attached hydrogen (secondary N) is 4. The molecule has 3 aliphatic rings. The minimum atomic E-state index is -0.626. The van der Waals surface area contributed by atoms with Crippen molar-refractivity contribution in [2.75, 3.05) is 5.32 Å². The van der Waals surface area contributed by atoms with Crippen LogP contribution in [-0.2, 0) is 35.8 Å². The van der Waals surface area contributed by atoms with E-state index in [0.717, 1.165) is 16.8 Å². The molecule has 3 aliphatic heterocycles. The zero-order valence-corrected chi connectivity index (χ0v) is 16.1. The molecule has 0 radical (unpaired) electrons. The van der Waals surface area contributed by atoms with Crippen LogP contribution in [0.3, 0.4) is 0 Å². The maximum atomic E-state index is 12.9. The first-order valence-corrected chi connectivity index (χ1v) is 9.83. The Morgan fingerprint density at radius 1 is 1.17 bits per heavy atom. The Hall–Kier alpha value is -3.53. The molecule has 1 unspecified atom stereocenters. The Bertz CT molecular complexity index is 1140. The summed E-state index contributed by atoms with van der Waals surface area (Å²) >= 11 is 0. The molecule has 1 saturated heterocycles. The summed E-state index contributed by atoms with van der Waals surface area (Å²) in [5, 5.41) is 8.51. The lowest BCUT2D eigenvalue weighted by atomic mass is 10.0. The van der Waals surface area contributed by atoms with Gasteiger partial charge in [0, 0.05) is 38.2 Å². The molecule has 0 spiro atoms. The summed E-state index contributed by atoms with van der Waals surface area (Å²) < 4.78 is 0. The van der Waals surface area contributed by atoms with Crippen LogP contribution in [0, 0.1) is 0 Å². The molecule has 10 heteroatoms. The number of aromatic nitrogens is 2. The lowest BCUT2D eigenvalue weighted by molar-refractivity contribution is -0.136. The highest BCUT2D eigenvalue weighted by Gasteiger charge is 2.39. The number of fused-ring (bicyclic) bond motifs is 2. The van der Waals surface area contributed by atoms with Gasteiger partial charge >= 0.3 is 0 Å². The molecule has 0 saturated carbocycles. The summed E-state index contributed by atoms with van der Waals surface area (Å²) in [5.74, 6) is -0.547. The van der Waals surface area contributed by atoms with Crippen LogP contribution >= 0.6 is 0 Å². The largest absolute Gasteiger partial charge is 0.352 e. The van der Waals surface area contributed by atoms with Crippen molar-refractivity contribution in [3.63, 3.8) is 0 Å². The number of imide groups is 1. The second-order valence-corrected chi connectivity index (χ2v) is 7.69. The predicted molar refractivity (Wildman–Crippen MR) is 105 cm³/mol. The van der Waals surface area contributed by atoms with E-state index in [1.54, 1.807) is 6.07 Å². The standard InChI is InChI=1S/C20H20N6O4/c27-16-4-3-15(18(29)24-16)26-9-11-2-1-10(5-12(11)19(26)30)6-22-20-23-14-8-21-7-13(14)17(28)25-20/h1-2,5,15,21H,3-4,6-9H2,(H,24,27,29)(H2,22,23,25,28). The quantitative estimate of drug-likeness (QED) is 0.512. The number of carbonyl (C=O) groups excluding carboxylic acids is 3. The van der Waals surface area contributed by atoms with Gasteiger partial charge in [0.25, 0.3) is 11.5 Å². The summed E-state index contributed by atoms with van der Waals surface area (Å²) in [7, 11) is 0. The van der Waals surface area contributed by atoms with Crippen molar-refractivity contribution in [1.29, 1.82) is 0 Å². The van der Waals surface area contributed by atoms with Gasteiger partial charge in [-0.2, -0.15) is 0 Å². The third-order valence-electron chi connectivity index (χ3n) is 5.75. The number of carbonyl (C=O) groups is 3. The summed E-state index contributed by atoms with van der Waals surface area (Å²) in [6.45, 7) is 1.82. The summed E-state index contributed by atoms with van der Waals surface area (Å²) in [6, 6.07) is 4.95.